The Morgan fingerprint density at radius 2 is 1.77 bits per heavy atom. The molecule has 0 unspecified atom stereocenters. The SMILES string of the molecule is O=C(Nc1ccc(Oc2ccc3ncc(CN4CCOCC4)nc3c2)c(F)c1)c1ccc(F)c(C(F)(F)F)c1. The van der Waals surface area contributed by atoms with E-state index >= 15 is 0 Å². The third-order valence-electron chi connectivity index (χ3n) is 6.00. The number of amides is 1. The van der Waals surface area contributed by atoms with Crippen molar-refractivity contribution in [1.29, 1.82) is 0 Å². The number of morpholine rings is 1. The van der Waals surface area contributed by atoms with Crippen molar-refractivity contribution >= 4 is 22.6 Å². The van der Waals surface area contributed by atoms with Crippen LogP contribution >= 0.6 is 0 Å². The molecule has 1 aromatic heterocycles. The molecule has 0 aliphatic carbocycles. The van der Waals surface area contributed by atoms with Crippen LogP contribution in [0.2, 0.25) is 0 Å². The molecule has 1 saturated heterocycles. The van der Waals surface area contributed by atoms with Crippen molar-refractivity contribution in [1.82, 2.24) is 14.9 Å². The van der Waals surface area contributed by atoms with E-state index in [1.165, 1.54) is 12.1 Å². The molecule has 1 N–H and O–H groups in total. The Balaban J connectivity index is 1.28. The molecular formula is C27H21F5N4O3. The normalized spacial score (nSPS) is 14.4. The average Bonchev–Trinajstić information content (AvgIpc) is 2.90. The molecule has 39 heavy (non-hydrogen) atoms. The highest BCUT2D eigenvalue weighted by Crippen LogP contribution is 2.32. The molecule has 1 amide bonds. The third-order valence-corrected chi connectivity index (χ3v) is 6.00. The van der Waals surface area contributed by atoms with Gasteiger partial charge in [0.1, 0.15) is 11.6 Å². The van der Waals surface area contributed by atoms with E-state index in [0.717, 1.165) is 30.9 Å². The molecule has 0 bridgehead atoms. The standard InChI is InChI=1S/C27H21F5N4O3/c28-21-4-1-16(11-20(21)27(30,31)32)26(37)35-17-2-6-25(22(29)12-17)39-19-3-5-23-24(13-19)34-18(14-33-23)15-36-7-9-38-10-8-36/h1-6,11-14H,7-10,15H2,(H,35,37). The Hall–Kier alpha value is -4.16. The van der Waals surface area contributed by atoms with Gasteiger partial charge in [0.15, 0.2) is 11.6 Å². The summed E-state index contributed by atoms with van der Waals surface area (Å²) >= 11 is 0. The summed E-state index contributed by atoms with van der Waals surface area (Å²) in [4.78, 5) is 23.7. The number of anilines is 1. The molecule has 0 spiro atoms. The predicted molar refractivity (Wildman–Crippen MR) is 131 cm³/mol. The lowest BCUT2D eigenvalue weighted by Crippen LogP contribution is -2.35. The Morgan fingerprint density at radius 1 is 0.974 bits per heavy atom. The second-order valence-electron chi connectivity index (χ2n) is 8.79. The fraction of sp³-hybridized carbons (Fsp3) is 0.222. The van der Waals surface area contributed by atoms with Gasteiger partial charge in [-0.2, -0.15) is 13.2 Å². The Kier molecular flexibility index (Phi) is 7.40. The highest BCUT2D eigenvalue weighted by Gasteiger charge is 2.34. The van der Waals surface area contributed by atoms with Crippen molar-refractivity contribution in [3.8, 4) is 11.5 Å². The maximum Gasteiger partial charge on any atom is 0.419 e. The first-order valence-corrected chi connectivity index (χ1v) is 11.9. The number of benzene rings is 3. The maximum atomic E-state index is 14.8. The lowest BCUT2D eigenvalue weighted by Gasteiger charge is -2.26. The van der Waals surface area contributed by atoms with Crippen LogP contribution in [0, 0.1) is 11.6 Å². The zero-order valence-electron chi connectivity index (χ0n) is 20.3. The van der Waals surface area contributed by atoms with Crippen LogP contribution in [0.4, 0.5) is 27.6 Å². The van der Waals surface area contributed by atoms with Gasteiger partial charge >= 0.3 is 6.18 Å². The highest BCUT2D eigenvalue weighted by atomic mass is 19.4. The molecule has 0 atom stereocenters. The lowest BCUT2D eigenvalue weighted by molar-refractivity contribution is -0.140. The van der Waals surface area contributed by atoms with Crippen molar-refractivity contribution < 1.29 is 36.2 Å². The first-order valence-electron chi connectivity index (χ1n) is 11.9. The summed E-state index contributed by atoms with van der Waals surface area (Å²) in [6, 6.07) is 10.3. The minimum absolute atomic E-state index is 0.0279. The van der Waals surface area contributed by atoms with Gasteiger partial charge in [-0.05, 0) is 42.5 Å². The fourth-order valence-corrected chi connectivity index (χ4v) is 4.03. The van der Waals surface area contributed by atoms with Crippen LogP contribution in [0.3, 0.4) is 0 Å². The molecule has 2 heterocycles. The number of ether oxygens (including phenoxy) is 2. The van der Waals surface area contributed by atoms with Crippen LogP contribution in [0.15, 0.2) is 60.8 Å². The largest absolute Gasteiger partial charge is 0.454 e. The van der Waals surface area contributed by atoms with Gasteiger partial charge in [0.2, 0.25) is 0 Å². The van der Waals surface area contributed by atoms with E-state index in [9.17, 15) is 26.7 Å². The molecule has 1 aliphatic rings. The monoisotopic (exact) mass is 544 g/mol. The number of hydrogen-bond donors (Lipinski definition) is 1. The van der Waals surface area contributed by atoms with Crippen molar-refractivity contribution in [3.05, 3.63) is 89.2 Å². The third kappa shape index (κ3) is 6.29. The molecule has 5 rings (SSSR count). The fourth-order valence-electron chi connectivity index (χ4n) is 4.03. The van der Waals surface area contributed by atoms with Crippen LogP contribution in [-0.2, 0) is 17.5 Å². The van der Waals surface area contributed by atoms with Gasteiger partial charge in [-0.25, -0.2) is 13.8 Å². The summed E-state index contributed by atoms with van der Waals surface area (Å²) in [5.74, 6) is -3.13. The second kappa shape index (κ2) is 10.9. The van der Waals surface area contributed by atoms with Crippen molar-refractivity contribution in [2.24, 2.45) is 0 Å². The molecular weight excluding hydrogens is 523 g/mol. The van der Waals surface area contributed by atoms with Gasteiger partial charge in [-0.15, -0.1) is 0 Å². The summed E-state index contributed by atoms with van der Waals surface area (Å²) in [5.41, 5.74) is -0.0505. The van der Waals surface area contributed by atoms with E-state index in [2.05, 4.69) is 20.2 Å². The molecule has 3 aromatic carbocycles. The number of rotatable bonds is 6. The lowest BCUT2D eigenvalue weighted by atomic mass is 10.1. The maximum absolute atomic E-state index is 14.8. The predicted octanol–water partition coefficient (Wildman–Crippen LogP) is 5.80. The van der Waals surface area contributed by atoms with E-state index in [0.29, 0.717) is 48.7 Å². The number of hydrogen-bond acceptors (Lipinski definition) is 6. The number of nitrogens with one attached hydrogen (secondary N) is 1. The van der Waals surface area contributed by atoms with Crippen molar-refractivity contribution in [2.75, 3.05) is 31.6 Å². The first kappa shape index (κ1) is 26.4. The number of nitrogens with zero attached hydrogens (tertiary/aromatic N) is 3. The van der Waals surface area contributed by atoms with Crippen LogP contribution in [0.5, 0.6) is 11.5 Å². The molecule has 0 saturated carbocycles. The van der Waals surface area contributed by atoms with Crippen LogP contribution in [-0.4, -0.2) is 47.1 Å². The van der Waals surface area contributed by atoms with E-state index in [1.54, 1.807) is 24.4 Å². The topological polar surface area (TPSA) is 76.6 Å². The Labute approximate surface area is 219 Å². The molecule has 7 nitrogen and oxygen atoms in total. The highest BCUT2D eigenvalue weighted by molar-refractivity contribution is 6.04. The molecule has 12 heteroatoms. The molecule has 1 aliphatic heterocycles. The van der Waals surface area contributed by atoms with Crippen LogP contribution in [0.1, 0.15) is 21.6 Å². The van der Waals surface area contributed by atoms with Gasteiger partial charge in [-0.1, -0.05) is 0 Å². The van der Waals surface area contributed by atoms with Crippen molar-refractivity contribution in [2.45, 2.75) is 12.7 Å². The number of carbonyl (C=O) groups excluding carboxylic acids is 1. The number of fused-ring (bicyclic) bond motifs is 1. The summed E-state index contributed by atoms with van der Waals surface area (Å²) in [7, 11) is 0. The Bertz CT molecular complexity index is 1520. The summed E-state index contributed by atoms with van der Waals surface area (Å²) in [6.45, 7) is 3.55. The van der Waals surface area contributed by atoms with E-state index in [-0.39, 0.29) is 11.4 Å². The number of carbonyl (C=O) groups is 1. The quantitative estimate of drug-likeness (QED) is 0.309. The summed E-state index contributed by atoms with van der Waals surface area (Å²) < 4.78 is 78.2. The number of alkyl halides is 3. The number of halogens is 5. The molecule has 202 valence electrons. The summed E-state index contributed by atoms with van der Waals surface area (Å²) in [5, 5.41) is 2.30. The minimum atomic E-state index is -4.97. The van der Waals surface area contributed by atoms with E-state index < -0.39 is 34.8 Å². The average molecular weight is 544 g/mol. The Morgan fingerprint density at radius 3 is 2.51 bits per heavy atom. The molecule has 1 fully saturated rings. The van der Waals surface area contributed by atoms with Crippen molar-refractivity contribution in [3.63, 3.8) is 0 Å². The smallest absolute Gasteiger partial charge is 0.419 e. The van der Waals surface area contributed by atoms with E-state index in [1.807, 2.05) is 0 Å². The van der Waals surface area contributed by atoms with Gasteiger partial charge in [-0.3, -0.25) is 14.7 Å². The zero-order valence-corrected chi connectivity index (χ0v) is 20.3. The second-order valence-corrected chi connectivity index (χ2v) is 8.79. The van der Waals surface area contributed by atoms with Gasteiger partial charge < -0.3 is 14.8 Å². The zero-order chi connectivity index (χ0) is 27.6. The first-order chi connectivity index (χ1) is 18.7. The molecule has 4 aromatic rings. The molecule has 0 radical (unpaired) electrons. The van der Waals surface area contributed by atoms with Gasteiger partial charge in [0.05, 0.1) is 41.7 Å². The van der Waals surface area contributed by atoms with Crippen LogP contribution < -0.4 is 10.1 Å². The van der Waals surface area contributed by atoms with Gasteiger partial charge in [0, 0.05) is 43.0 Å². The summed E-state index contributed by atoms with van der Waals surface area (Å²) in [6.07, 6.45) is -3.26. The number of aromatic nitrogens is 2. The van der Waals surface area contributed by atoms with Crippen LogP contribution in [0.25, 0.3) is 11.0 Å². The van der Waals surface area contributed by atoms with E-state index in [4.69, 9.17) is 9.47 Å². The van der Waals surface area contributed by atoms with Gasteiger partial charge in [0.25, 0.3) is 5.91 Å². The minimum Gasteiger partial charge on any atom is -0.454 e.